The van der Waals surface area contributed by atoms with Crippen LogP contribution in [0.25, 0.3) is 11.0 Å². The van der Waals surface area contributed by atoms with Crippen molar-refractivity contribution < 1.29 is 14.3 Å². The fourth-order valence-electron chi connectivity index (χ4n) is 4.26. The number of rotatable bonds is 8. The van der Waals surface area contributed by atoms with Gasteiger partial charge in [0.15, 0.2) is 0 Å². The third kappa shape index (κ3) is 5.28. The number of benzene rings is 2. The maximum atomic E-state index is 12.7. The van der Waals surface area contributed by atoms with Crippen LogP contribution in [0.3, 0.4) is 0 Å². The lowest BCUT2D eigenvalue weighted by atomic mass is 9.89. The maximum Gasteiger partial charge on any atom is 0.240 e. The molecular formula is C25H30N4O3. The van der Waals surface area contributed by atoms with E-state index in [9.17, 15) is 9.59 Å². The minimum absolute atomic E-state index is 0.0901. The van der Waals surface area contributed by atoms with Crippen molar-refractivity contribution in [3.8, 4) is 5.75 Å². The summed E-state index contributed by atoms with van der Waals surface area (Å²) in [6.45, 7) is 0.893. The van der Waals surface area contributed by atoms with Crippen LogP contribution >= 0.6 is 0 Å². The average molecular weight is 435 g/mol. The molecular weight excluding hydrogens is 404 g/mol. The van der Waals surface area contributed by atoms with Gasteiger partial charge in [0.2, 0.25) is 11.8 Å². The summed E-state index contributed by atoms with van der Waals surface area (Å²) in [4.78, 5) is 30.0. The fraction of sp³-hybridized carbons (Fsp3) is 0.400. The number of carbonyl (C=O) groups excluding carboxylic acids is 2. The summed E-state index contributed by atoms with van der Waals surface area (Å²) in [6.07, 6.45) is 5.35. The Labute approximate surface area is 188 Å². The van der Waals surface area contributed by atoms with Crippen LogP contribution in [0.1, 0.15) is 43.5 Å². The molecule has 1 aliphatic carbocycles. The van der Waals surface area contributed by atoms with Gasteiger partial charge in [-0.15, -0.1) is 0 Å². The minimum atomic E-state index is -0.108. The Hall–Kier alpha value is -3.35. The summed E-state index contributed by atoms with van der Waals surface area (Å²) in [6, 6.07) is 15.3. The summed E-state index contributed by atoms with van der Waals surface area (Å²) in [5, 5.41) is 6.01. The Balaban J connectivity index is 1.42. The van der Waals surface area contributed by atoms with Crippen LogP contribution in [0.2, 0.25) is 0 Å². The molecule has 1 aromatic heterocycles. The van der Waals surface area contributed by atoms with E-state index in [4.69, 9.17) is 4.74 Å². The van der Waals surface area contributed by atoms with Crippen molar-refractivity contribution in [2.75, 3.05) is 7.11 Å². The van der Waals surface area contributed by atoms with Crippen LogP contribution in [0.15, 0.2) is 48.5 Å². The molecule has 2 aromatic carbocycles. The molecule has 0 unspecified atom stereocenters. The molecule has 2 amide bonds. The van der Waals surface area contributed by atoms with Crippen LogP contribution in [0, 0.1) is 5.92 Å². The molecule has 0 atom stereocenters. The van der Waals surface area contributed by atoms with Gasteiger partial charge in [-0.05, 0) is 42.7 Å². The number of ether oxygens (including phenoxy) is 1. The van der Waals surface area contributed by atoms with E-state index < -0.39 is 0 Å². The summed E-state index contributed by atoms with van der Waals surface area (Å²) < 4.78 is 7.06. The Bertz CT molecular complexity index is 1070. The molecule has 0 radical (unpaired) electrons. The zero-order valence-corrected chi connectivity index (χ0v) is 18.5. The molecule has 4 rings (SSSR count). The van der Waals surface area contributed by atoms with Crippen molar-refractivity contribution in [2.45, 2.75) is 51.7 Å². The summed E-state index contributed by atoms with van der Waals surface area (Å²) in [7, 11) is 1.63. The van der Waals surface area contributed by atoms with E-state index in [0.717, 1.165) is 48.0 Å². The number of nitrogens with one attached hydrogen (secondary N) is 2. The highest BCUT2D eigenvalue weighted by molar-refractivity contribution is 5.82. The molecule has 0 saturated heterocycles. The van der Waals surface area contributed by atoms with Crippen LogP contribution in [0.4, 0.5) is 0 Å². The second-order valence-corrected chi connectivity index (χ2v) is 8.28. The lowest BCUT2D eigenvalue weighted by Gasteiger charge is -2.20. The molecule has 7 nitrogen and oxygen atoms in total. The number of methoxy groups -OCH3 is 1. The zero-order chi connectivity index (χ0) is 22.3. The first kappa shape index (κ1) is 21.9. The van der Waals surface area contributed by atoms with Crippen molar-refractivity contribution in [3.05, 3.63) is 59.9 Å². The van der Waals surface area contributed by atoms with Gasteiger partial charge in [0, 0.05) is 12.5 Å². The fourth-order valence-corrected chi connectivity index (χ4v) is 4.26. The summed E-state index contributed by atoms with van der Waals surface area (Å²) in [5.41, 5.74) is 2.70. The van der Waals surface area contributed by atoms with Crippen LogP contribution in [0.5, 0.6) is 5.75 Å². The molecule has 2 N–H and O–H groups in total. The molecule has 0 bridgehead atoms. The molecule has 0 aliphatic heterocycles. The highest BCUT2D eigenvalue weighted by Crippen LogP contribution is 2.24. The van der Waals surface area contributed by atoms with E-state index in [0.29, 0.717) is 18.9 Å². The normalized spacial score (nSPS) is 14.3. The van der Waals surface area contributed by atoms with Crippen molar-refractivity contribution in [2.24, 2.45) is 5.92 Å². The zero-order valence-electron chi connectivity index (χ0n) is 18.5. The third-order valence-corrected chi connectivity index (χ3v) is 6.08. The number of amides is 2. The van der Waals surface area contributed by atoms with Crippen LogP contribution < -0.4 is 15.4 Å². The van der Waals surface area contributed by atoms with Gasteiger partial charge in [-0.1, -0.05) is 43.5 Å². The van der Waals surface area contributed by atoms with E-state index in [2.05, 4.69) is 15.6 Å². The highest BCUT2D eigenvalue weighted by Gasteiger charge is 2.22. The van der Waals surface area contributed by atoms with Gasteiger partial charge in [-0.25, -0.2) is 4.98 Å². The molecule has 3 aromatic rings. The largest absolute Gasteiger partial charge is 0.497 e. The lowest BCUT2D eigenvalue weighted by Crippen LogP contribution is -2.33. The number of fused-ring (bicyclic) bond motifs is 1. The molecule has 32 heavy (non-hydrogen) atoms. The molecule has 1 heterocycles. The number of hydrogen-bond donors (Lipinski definition) is 2. The highest BCUT2D eigenvalue weighted by atomic mass is 16.5. The predicted molar refractivity (Wildman–Crippen MR) is 123 cm³/mol. The maximum absolute atomic E-state index is 12.7. The van der Waals surface area contributed by atoms with Crippen molar-refractivity contribution in [1.29, 1.82) is 0 Å². The number of nitrogens with zero attached hydrogens (tertiary/aromatic N) is 2. The Morgan fingerprint density at radius 3 is 2.50 bits per heavy atom. The van der Waals surface area contributed by atoms with E-state index in [1.807, 2.05) is 53.1 Å². The first-order valence-corrected chi connectivity index (χ1v) is 11.3. The third-order valence-electron chi connectivity index (χ3n) is 6.08. The molecule has 1 saturated carbocycles. The first-order chi connectivity index (χ1) is 15.6. The number of imidazole rings is 1. The van der Waals surface area contributed by atoms with E-state index in [1.165, 1.54) is 6.42 Å². The minimum Gasteiger partial charge on any atom is -0.497 e. The van der Waals surface area contributed by atoms with E-state index >= 15 is 0 Å². The van der Waals surface area contributed by atoms with Gasteiger partial charge in [0.25, 0.3) is 0 Å². The van der Waals surface area contributed by atoms with Gasteiger partial charge in [0.05, 0.1) is 24.7 Å². The van der Waals surface area contributed by atoms with Gasteiger partial charge in [0.1, 0.15) is 18.1 Å². The number of carbonyl (C=O) groups is 2. The summed E-state index contributed by atoms with van der Waals surface area (Å²) in [5.74, 6) is 1.55. The number of aromatic nitrogens is 2. The standard InChI is InChI=1S/C25H30N4O3/c1-32-20-13-11-18(12-14-20)15-26-24(30)17-29-22-10-6-5-9-21(22)28-23(29)16-27-25(31)19-7-3-2-4-8-19/h5-6,9-14,19H,2-4,7-8,15-17H2,1H3,(H,26,30)(H,27,31). The predicted octanol–water partition coefficient (Wildman–Crippen LogP) is 3.56. The SMILES string of the molecule is COc1ccc(CNC(=O)Cn2c(CNC(=O)C3CCCCC3)nc3ccccc32)cc1. The van der Waals surface area contributed by atoms with E-state index in [1.54, 1.807) is 7.11 Å². The Morgan fingerprint density at radius 1 is 1.00 bits per heavy atom. The lowest BCUT2D eigenvalue weighted by molar-refractivity contribution is -0.126. The topological polar surface area (TPSA) is 85.2 Å². The molecule has 7 heteroatoms. The average Bonchev–Trinajstić information content (AvgIpc) is 3.19. The van der Waals surface area contributed by atoms with Gasteiger partial charge < -0.3 is 19.9 Å². The monoisotopic (exact) mass is 434 g/mol. The van der Waals surface area contributed by atoms with Gasteiger partial charge in [-0.2, -0.15) is 0 Å². The number of hydrogen-bond acceptors (Lipinski definition) is 4. The Kier molecular flexibility index (Phi) is 7.04. The molecule has 1 fully saturated rings. The molecule has 1 aliphatic rings. The van der Waals surface area contributed by atoms with E-state index in [-0.39, 0.29) is 24.3 Å². The second kappa shape index (κ2) is 10.3. The summed E-state index contributed by atoms with van der Waals surface area (Å²) >= 11 is 0. The van der Waals surface area contributed by atoms with Gasteiger partial charge in [-0.3, -0.25) is 9.59 Å². The van der Waals surface area contributed by atoms with Crippen molar-refractivity contribution in [3.63, 3.8) is 0 Å². The molecule has 168 valence electrons. The quantitative estimate of drug-likeness (QED) is 0.568. The second-order valence-electron chi connectivity index (χ2n) is 8.28. The molecule has 0 spiro atoms. The van der Waals surface area contributed by atoms with Crippen LogP contribution in [-0.4, -0.2) is 28.5 Å². The van der Waals surface area contributed by atoms with Crippen molar-refractivity contribution >= 4 is 22.8 Å². The van der Waals surface area contributed by atoms with Crippen molar-refractivity contribution in [1.82, 2.24) is 20.2 Å². The Morgan fingerprint density at radius 2 is 1.75 bits per heavy atom. The smallest absolute Gasteiger partial charge is 0.240 e. The van der Waals surface area contributed by atoms with Gasteiger partial charge >= 0.3 is 0 Å². The number of para-hydroxylation sites is 2. The first-order valence-electron chi connectivity index (χ1n) is 11.3. The van der Waals surface area contributed by atoms with Crippen LogP contribution in [-0.2, 0) is 29.2 Å².